The lowest BCUT2D eigenvalue weighted by molar-refractivity contribution is -0.120. The third-order valence-electron chi connectivity index (χ3n) is 3.22. The van der Waals surface area contributed by atoms with Crippen LogP contribution in [-0.4, -0.2) is 50.2 Å². The highest BCUT2D eigenvalue weighted by atomic mass is 16.5. The van der Waals surface area contributed by atoms with Gasteiger partial charge in [-0.2, -0.15) is 0 Å². The molecule has 1 aromatic rings. The molecule has 0 spiro atoms. The Morgan fingerprint density at radius 3 is 2.50 bits per heavy atom. The summed E-state index contributed by atoms with van der Waals surface area (Å²) in [7, 11) is 0. The van der Waals surface area contributed by atoms with E-state index in [1.165, 1.54) is 0 Å². The Morgan fingerprint density at radius 1 is 1.15 bits per heavy atom. The van der Waals surface area contributed by atoms with Crippen LogP contribution in [-0.2, 0) is 16.0 Å². The average Bonchev–Trinajstić information content (AvgIpc) is 2.47. The highest BCUT2D eigenvalue weighted by Crippen LogP contribution is 1.98. The van der Waals surface area contributed by atoms with Gasteiger partial charge in [-0.25, -0.2) is 0 Å². The normalized spacial score (nSPS) is 10.8. The number of carbonyl (C=O) groups excluding carboxylic acids is 1. The molecule has 1 rings (SSSR count). The summed E-state index contributed by atoms with van der Waals surface area (Å²) in [5.74, 6) is 0.0449. The van der Waals surface area contributed by atoms with Crippen molar-refractivity contribution in [3.63, 3.8) is 0 Å². The van der Waals surface area contributed by atoms with Gasteiger partial charge in [0.1, 0.15) is 0 Å². The quantitative estimate of drug-likeness (QED) is 0.662. The fourth-order valence-electron chi connectivity index (χ4n) is 1.94. The molecule has 4 nitrogen and oxygen atoms in total. The predicted octanol–water partition coefficient (Wildman–Crippen LogP) is 1.70. The van der Waals surface area contributed by atoms with Crippen LogP contribution in [0.3, 0.4) is 0 Å². The summed E-state index contributed by atoms with van der Waals surface area (Å²) in [5.41, 5.74) is 1.03. The Hall–Kier alpha value is -1.39. The van der Waals surface area contributed by atoms with Crippen LogP contribution in [0.5, 0.6) is 0 Å². The van der Waals surface area contributed by atoms with Crippen LogP contribution in [0.4, 0.5) is 0 Å². The molecule has 4 heteroatoms. The molecule has 0 radical (unpaired) electrons. The van der Waals surface area contributed by atoms with Gasteiger partial charge in [-0.15, -0.1) is 0 Å². The molecular formula is C16H26N2O2. The van der Waals surface area contributed by atoms with E-state index in [0.717, 1.165) is 31.8 Å². The minimum Gasteiger partial charge on any atom is -0.378 e. The van der Waals surface area contributed by atoms with Crippen LogP contribution in [0.1, 0.15) is 19.4 Å². The molecule has 1 N–H and O–H groups in total. The highest BCUT2D eigenvalue weighted by Gasteiger charge is 2.02. The number of rotatable bonds is 10. The van der Waals surface area contributed by atoms with Gasteiger partial charge >= 0.3 is 0 Å². The molecule has 0 atom stereocenters. The number of amides is 1. The summed E-state index contributed by atoms with van der Waals surface area (Å²) in [6, 6.07) is 9.75. The molecule has 0 aliphatic heterocycles. The Morgan fingerprint density at radius 2 is 1.85 bits per heavy atom. The van der Waals surface area contributed by atoms with Crippen molar-refractivity contribution in [2.24, 2.45) is 0 Å². The van der Waals surface area contributed by atoms with Crippen molar-refractivity contribution >= 4 is 5.91 Å². The smallest absolute Gasteiger partial charge is 0.224 e. The second-order valence-corrected chi connectivity index (χ2v) is 4.65. The molecule has 1 aromatic carbocycles. The SMILES string of the molecule is CCN(CC)CCOCCNC(=O)Cc1ccccc1. The first-order chi connectivity index (χ1) is 9.76. The van der Waals surface area contributed by atoms with Gasteiger partial charge in [0.05, 0.1) is 19.6 Å². The van der Waals surface area contributed by atoms with E-state index in [0.29, 0.717) is 19.6 Å². The molecule has 0 saturated carbocycles. The number of ether oxygens (including phenoxy) is 1. The van der Waals surface area contributed by atoms with E-state index in [-0.39, 0.29) is 5.91 Å². The van der Waals surface area contributed by atoms with Crippen molar-refractivity contribution in [3.8, 4) is 0 Å². The van der Waals surface area contributed by atoms with Crippen LogP contribution >= 0.6 is 0 Å². The summed E-state index contributed by atoms with van der Waals surface area (Å²) in [6.45, 7) is 9.20. The highest BCUT2D eigenvalue weighted by molar-refractivity contribution is 5.78. The van der Waals surface area contributed by atoms with Crippen molar-refractivity contribution in [1.82, 2.24) is 10.2 Å². The molecule has 0 heterocycles. The van der Waals surface area contributed by atoms with E-state index in [1.54, 1.807) is 0 Å². The van der Waals surface area contributed by atoms with Crippen molar-refractivity contribution in [3.05, 3.63) is 35.9 Å². The summed E-state index contributed by atoms with van der Waals surface area (Å²) < 4.78 is 5.51. The number of benzene rings is 1. The maximum Gasteiger partial charge on any atom is 0.224 e. The van der Waals surface area contributed by atoms with Gasteiger partial charge in [0.2, 0.25) is 5.91 Å². The van der Waals surface area contributed by atoms with Gasteiger partial charge in [-0.05, 0) is 18.7 Å². The van der Waals surface area contributed by atoms with Crippen LogP contribution in [0, 0.1) is 0 Å². The molecule has 0 aromatic heterocycles. The number of likely N-dealkylation sites (N-methyl/N-ethyl adjacent to an activating group) is 1. The second kappa shape index (κ2) is 10.4. The summed E-state index contributed by atoms with van der Waals surface area (Å²) in [5, 5.41) is 2.87. The lowest BCUT2D eigenvalue weighted by atomic mass is 10.1. The van der Waals surface area contributed by atoms with Crippen LogP contribution < -0.4 is 5.32 Å². The Labute approximate surface area is 122 Å². The number of nitrogens with zero attached hydrogens (tertiary/aromatic N) is 1. The molecule has 0 unspecified atom stereocenters. The fourth-order valence-corrected chi connectivity index (χ4v) is 1.94. The summed E-state index contributed by atoms with van der Waals surface area (Å²) >= 11 is 0. The summed E-state index contributed by atoms with van der Waals surface area (Å²) in [6.07, 6.45) is 0.431. The Balaban J connectivity index is 2.02. The van der Waals surface area contributed by atoms with Gasteiger partial charge in [-0.1, -0.05) is 44.2 Å². The number of carbonyl (C=O) groups is 1. The first-order valence-electron chi connectivity index (χ1n) is 7.37. The molecule has 0 aliphatic carbocycles. The predicted molar refractivity (Wildman–Crippen MR) is 81.8 cm³/mol. The number of nitrogens with one attached hydrogen (secondary N) is 1. The molecule has 0 bridgehead atoms. The van der Waals surface area contributed by atoms with E-state index in [2.05, 4.69) is 24.1 Å². The lowest BCUT2D eigenvalue weighted by Gasteiger charge is -2.17. The zero-order chi connectivity index (χ0) is 14.6. The minimum absolute atomic E-state index is 0.0449. The van der Waals surface area contributed by atoms with Crippen LogP contribution in [0.25, 0.3) is 0 Å². The molecular weight excluding hydrogens is 252 g/mol. The molecule has 112 valence electrons. The van der Waals surface area contributed by atoms with E-state index in [9.17, 15) is 4.79 Å². The van der Waals surface area contributed by atoms with E-state index < -0.39 is 0 Å². The van der Waals surface area contributed by atoms with Crippen LogP contribution in [0.15, 0.2) is 30.3 Å². The average molecular weight is 278 g/mol. The van der Waals surface area contributed by atoms with Crippen molar-refractivity contribution in [2.75, 3.05) is 39.4 Å². The van der Waals surface area contributed by atoms with E-state index >= 15 is 0 Å². The molecule has 0 saturated heterocycles. The summed E-state index contributed by atoms with van der Waals surface area (Å²) in [4.78, 5) is 14.0. The Kier molecular flexibility index (Phi) is 8.67. The minimum atomic E-state index is 0.0449. The van der Waals surface area contributed by atoms with Gasteiger partial charge in [0, 0.05) is 13.1 Å². The topological polar surface area (TPSA) is 41.6 Å². The van der Waals surface area contributed by atoms with E-state index in [4.69, 9.17) is 4.74 Å². The van der Waals surface area contributed by atoms with Crippen LogP contribution in [0.2, 0.25) is 0 Å². The maximum absolute atomic E-state index is 11.7. The zero-order valence-corrected chi connectivity index (χ0v) is 12.6. The first-order valence-corrected chi connectivity index (χ1v) is 7.37. The molecule has 20 heavy (non-hydrogen) atoms. The van der Waals surface area contributed by atoms with Gasteiger partial charge in [0.15, 0.2) is 0 Å². The van der Waals surface area contributed by atoms with Gasteiger partial charge < -0.3 is 15.0 Å². The monoisotopic (exact) mass is 278 g/mol. The van der Waals surface area contributed by atoms with Crippen molar-refractivity contribution in [2.45, 2.75) is 20.3 Å². The van der Waals surface area contributed by atoms with Gasteiger partial charge in [-0.3, -0.25) is 4.79 Å². The van der Waals surface area contributed by atoms with Gasteiger partial charge in [0.25, 0.3) is 0 Å². The second-order valence-electron chi connectivity index (χ2n) is 4.65. The first kappa shape index (κ1) is 16.7. The molecule has 1 amide bonds. The van der Waals surface area contributed by atoms with Crippen molar-refractivity contribution < 1.29 is 9.53 Å². The zero-order valence-electron chi connectivity index (χ0n) is 12.6. The van der Waals surface area contributed by atoms with E-state index in [1.807, 2.05) is 30.3 Å². The standard InChI is InChI=1S/C16H26N2O2/c1-3-18(4-2)11-13-20-12-10-17-16(19)14-15-8-6-5-7-9-15/h5-9H,3-4,10-14H2,1-2H3,(H,17,19). The number of hydrogen-bond acceptors (Lipinski definition) is 3. The third kappa shape index (κ3) is 7.26. The largest absolute Gasteiger partial charge is 0.378 e. The fraction of sp³-hybridized carbons (Fsp3) is 0.562. The lowest BCUT2D eigenvalue weighted by Crippen LogP contribution is -2.30. The van der Waals surface area contributed by atoms with Crippen molar-refractivity contribution in [1.29, 1.82) is 0 Å². The Bertz CT molecular complexity index is 364. The third-order valence-corrected chi connectivity index (χ3v) is 3.22. The maximum atomic E-state index is 11.7. The molecule has 0 fully saturated rings. The number of hydrogen-bond donors (Lipinski definition) is 1. The molecule has 0 aliphatic rings.